The first-order valence-corrected chi connectivity index (χ1v) is 8.01. The van der Waals surface area contributed by atoms with Gasteiger partial charge >= 0.3 is 6.03 Å². The van der Waals surface area contributed by atoms with Crippen LogP contribution in [-0.2, 0) is 0 Å². The summed E-state index contributed by atoms with van der Waals surface area (Å²) in [6.07, 6.45) is 4.86. The molecule has 20 heavy (non-hydrogen) atoms. The zero-order chi connectivity index (χ0) is 14.5. The molecule has 2 aliphatic rings. The first kappa shape index (κ1) is 15.6. The van der Waals surface area contributed by atoms with Crippen LogP contribution < -0.4 is 5.32 Å². The Morgan fingerprint density at radius 3 is 2.35 bits per heavy atom. The molecule has 5 nitrogen and oxygen atoms in total. The number of piperidine rings is 1. The largest absolute Gasteiger partial charge is 0.331 e. The molecule has 0 radical (unpaired) electrons. The molecule has 2 saturated heterocycles. The summed E-state index contributed by atoms with van der Waals surface area (Å²) in [6, 6.07) is 1.27. The quantitative estimate of drug-likeness (QED) is 0.842. The van der Waals surface area contributed by atoms with E-state index < -0.39 is 0 Å². The van der Waals surface area contributed by atoms with Gasteiger partial charge in [-0.05, 0) is 45.7 Å². The average molecular weight is 282 g/mol. The Labute approximate surface area is 123 Å². The highest BCUT2D eigenvalue weighted by molar-refractivity contribution is 5.73. The van der Waals surface area contributed by atoms with Crippen molar-refractivity contribution >= 4 is 6.03 Å². The number of carbonyl (C=O) groups is 1. The maximum Gasteiger partial charge on any atom is 0.319 e. The van der Waals surface area contributed by atoms with Crippen LogP contribution in [0.15, 0.2) is 0 Å². The SMILES string of the molecule is CC(CN1CCCC1)NC1CCN(C(=O)N(C)C)CC1. The Kier molecular flexibility index (Phi) is 5.66. The molecule has 1 unspecified atom stereocenters. The summed E-state index contributed by atoms with van der Waals surface area (Å²) in [5, 5.41) is 3.74. The van der Waals surface area contributed by atoms with Crippen LogP contribution in [0, 0.1) is 0 Å². The van der Waals surface area contributed by atoms with Crippen molar-refractivity contribution in [2.75, 3.05) is 46.8 Å². The van der Waals surface area contributed by atoms with Crippen molar-refractivity contribution in [1.29, 1.82) is 0 Å². The van der Waals surface area contributed by atoms with Crippen LogP contribution in [0.2, 0.25) is 0 Å². The highest BCUT2D eigenvalue weighted by atomic mass is 16.2. The van der Waals surface area contributed by atoms with Crippen molar-refractivity contribution in [3.8, 4) is 0 Å². The molecule has 116 valence electrons. The van der Waals surface area contributed by atoms with Gasteiger partial charge in [0.25, 0.3) is 0 Å². The van der Waals surface area contributed by atoms with Gasteiger partial charge in [0.1, 0.15) is 0 Å². The molecular formula is C15H30N4O. The lowest BCUT2D eigenvalue weighted by Crippen LogP contribution is -2.51. The fourth-order valence-corrected chi connectivity index (χ4v) is 3.33. The van der Waals surface area contributed by atoms with Crippen LogP contribution in [0.25, 0.3) is 0 Å². The van der Waals surface area contributed by atoms with Crippen LogP contribution in [-0.4, -0.2) is 79.6 Å². The van der Waals surface area contributed by atoms with Crippen LogP contribution in [0.1, 0.15) is 32.6 Å². The van der Waals surface area contributed by atoms with Crippen molar-refractivity contribution in [3.63, 3.8) is 0 Å². The molecule has 2 fully saturated rings. The molecule has 5 heteroatoms. The lowest BCUT2D eigenvalue weighted by atomic mass is 10.0. The van der Waals surface area contributed by atoms with E-state index in [9.17, 15) is 4.79 Å². The number of likely N-dealkylation sites (tertiary alicyclic amines) is 2. The van der Waals surface area contributed by atoms with E-state index in [1.54, 1.807) is 4.90 Å². The number of hydrogen-bond donors (Lipinski definition) is 1. The Hall–Kier alpha value is -0.810. The molecule has 2 aliphatic heterocycles. The first-order chi connectivity index (χ1) is 9.56. The topological polar surface area (TPSA) is 38.8 Å². The lowest BCUT2D eigenvalue weighted by molar-refractivity contribution is 0.149. The molecule has 0 saturated carbocycles. The Bertz CT molecular complexity index is 307. The minimum Gasteiger partial charge on any atom is -0.331 e. The van der Waals surface area contributed by atoms with Crippen molar-refractivity contribution in [2.45, 2.75) is 44.7 Å². The molecule has 2 heterocycles. The molecule has 0 aliphatic carbocycles. The Morgan fingerprint density at radius 1 is 1.20 bits per heavy atom. The summed E-state index contributed by atoms with van der Waals surface area (Å²) in [6.45, 7) is 7.74. The van der Waals surface area contributed by atoms with Crippen molar-refractivity contribution < 1.29 is 4.79 Å². The zero-order valence-corrected chi connectivity index (χ0v) is 13.3. The highest BCUT2D eigenvalue weighted by Gasteiger charge is 2.25. The number of rotatable bonds is 4. The second-order valence-corrected chi connectivity index (χ2v) is 6.51. The maximum atomic E-state index is 11.9. The van der Waals surface area contributed by atoms with Gasteiger partial charge in [-0.15, -0.1) is 0 Å². The van der Waals surface area contributed by atoms with Gasteiger partial charge in [-0.25, -0.2) is 4.79 Å². The van der Waals surface area contributed by atoms with E-state index in [0.717, 1.165) is 32.5 Å². The summed E-state index contributed by atoms with van der Waals surface area (Å²) in [5.41, 5.74) is 0. The van der Waals surface area contributed by atoms with Gasteiger partial charge in [-0.2, -0.15) is 0 Å². The average Bonchev–Trinajstić information content (AvgIpc) is 2.91. The third-order valence-corrected chi connectivity index (χ3v) is 4.40. The van der Waals surface area contributed by atoms with Crippen LogP contribution in [0.5, 0.6) is 0 Å². The molecule has 1 N–H and O–H groups in total. The van der Waals surface area contributed by atoms with E-state index >= 15 is 0 Å². The fraction of sp³-hybridized carbons (Fsp3) is 0.933. The van der Waals surface area contributed by atoms with Gasteiger partial charge < -0.3 is 20.0 Å². The van der Waals surface area contributed by atoms with Gasteiger partial charge in [-0.3, -0.25) is 0 Å². The van der Waals surface area contributed by atoms with Crippen molar-refractivity contribution in [2.24, 2.45) is 0 Å². The summed E-state index contributed by atoms with van der Waals surface area (Å²) in [4.78, 5) is 18.1. The van der Waals surface area contributed by atoms with Crippen LogP contribution in [0.3, 0.4) is 0 Å². The predicted octanol–water partition coefficient (Wildman–Crippen LogP) is 1.21. The maximum absolute atomic E-state index is 11.9. The van der Waals surface area contributed by atoms with Crippen LogP contribution >= 0.6 is 0 Å². The summed E-state index contributed by atoms with van der Waals surface area (Å²) in [5.74, 6) is 0. The fourth-order valence-electron chi connectivity index (χ4n) is 3.33. The van der Waals surface area contributed by atoms with Gasteiger partial charge in [0.05, 0.1) is 0 Å². The zero-order valence-electron chi connectivity index (χ0n) is 13.3. The van der Waals surface area contributed by atoms with E-state index in [4.69, 9.17) is 0 Å². The summed E-state index contributed by atoms with van der Waals surface area (Å²) >= 11 is 0. The third kappa shape index (κ3) is 4.35. The van der Waals surface area contributed by atoms with Crippen molar-refractivity contribution in [1.82, 2.24) is 20.0 Å². The third-order valence-electron chi connectivity index (χ3n) is 4.40. The van der Waals surface area contributed by atoms with E-state index in [0.29, 0.717) is 12.1 Å². The lowest BCUT2D eigenvalue weighted by Gasteiger charge is -2.35. The van der Waals surface area contributed by atoms with E-state index in [-0.39, 0.29) is 6.03 Å². The first-order valence-electron chi connectivity index (χ1n) is 8.01. The molecule has 2 amide bonds. The number of amides is 2. The number of nitrogens with zero attached hydrogens (tertiary/aromatic N) is 3. The van der Waals surface area contributed by atoms with Gasteiger partial charge in [-0.1, -0.05) is 0 Å². The number of hydrogen-bond acceptors (Lipinski definition) is 3. The number of urea groups is 1. The van der Waals surface area contributed by atoms with Gasteiger partial charge in [0.2, 0.25) is 0 Å². The summed E-state index contributed by atoms with van der Waals surface area (Å²) < 4.78 is 0. The molecular weight excluding hydrogens is 252 g/mol. The molecule has 0 aromatic carbocycles. The highest BCUT2D eigenvalue weighted by Crippen LogP contribution is 2.13. The summed E-state index contributed by atoms with van der Waals surface area (Å²) in [7, 11) is 3.65. The standard InChI is InChI=1S/C15H30N4O/c1-13(12-18-8-4-5-9-18)16-14-6-10-19(11-7-14)15(20)17(2)3/h13-14,16H,4-12H2,1-3H3. The minimum atomic E-state index is 0.147. The predicted molar refractivity (Wildman–Crippen MR) is 81.9 cm³/mol. The number of carbonyl (C=O) groups excluding carboxylic acids is 1. The molecule has 1 atom stereocenters. The van der Waals surface area contributed by atoms with E-state index in [1.807, 2.05) is 19.0 Å². The molecule has 0 bridgehead atoms. The molecule has 2 rings (SSSR count). The second kappa shape index (κ2) is 7.27. The minimum absolute atomic E-state index is 0.147. The van der Waals surface area contributed by atoms with E-state index in [1.165, 1.54) is 25.9 Å². The normalized spacial score (nSPS) is 23.1. The van der Waals surface area contributed by atoms with Crippen LogP contribution in [0.4, 0.5) is 4.79 Å². The molecule has 0 spiro atoms. The second-order valence-electron chi connectivity index (χ2n) is 6.51. The monoisotopic (exact) mass is 282 g/mol. The number of nitrogens with one attached hydrogen (secondary N) is 1. The van der Waals surface area contributed by atoms with Gasteiger partial charge in [0.15, 0.2) is 0 Å². The Balaban J connectivity index is 1.67. The molecule has 0 aromatic heterocycles. The Morgan fingerprint density at radius 2 is 1.80 bits per heavy atom. The smallest absolute Gasteiger partial charge is 0.319 e. The van der Waals surface area contributed by atoms with Gasteiger partial charge in [0, 0.05) is 45.8 Å². The van der Waals surface area contributed by atoms with E-state index in [2.05, 4.69) is 17.1 Å². The van der Waals surface area contributed by atoms with Crippen molar-refractivity contribution in [3.05, 3.63) is 0 Å². The molecule has 0 aromatic rings.